The van der Waals surface area contributed by atoms with Crippen molar-refractivity contribution in [1.82, 2.24) is 4.90 Å². The summed E-state index contributed by atoms with van der Waals surface area (Å²) in [5.74, 6) is 0.108. The van der Waals surface area contributed by atoms with Crippen molar-refractivity contribution in [2.24, 2.45) is 0 Å². The summed E-state index contributed by atoms with van der Waals surface area (Å²) < 4.78 is 34.3. The number of carbonyl (C=O) groups is 1. The Labute approximate surface area is 191 Å². The minimum absolute atomic E-state index is 0.0387. The summed E-state index contributed by atoms with van der Waals surface area (Å²) in [6, 6.07) is 12.5. The molecule has 0 radical (unpaired) electrons. The lowest BCUT2D eigenvalue weighted by Gasteiger charge is -2.31. The van der Waals surface area contributed by atoms with Gasteiger partial charge in [0.15, 0.2) is 0 Å². The Bertz CT molecular complexity index is 1080. The van der Waals surface area contributed by atoms with Gasteiger partial charge in [0.05, 0.1) is 12.8 Å². The third kappa shape index (κ3) is 4.35. The van der Waals surface area contributed by atoms with Crippen LogP contribution in [0.1, 0.15) is 60.9 Å². The molecule has 0 aromatic heterocycles. The number of nitrogens with zero attached hydrogens (tertiary/aromatic N) is 2. The number of rotatable bonds is 5. The van der Waals surface area contributed by atoms with Crippen LogP contribution in [-0.2, 0) is 16.4 Å². The molecule has 7 heteroatoms. The Kier molecular flexibility index (Phi) is 6.74. The van der Waals surface area contributed by atoms with Gasteiger partial charge < -0.3 is 9.64 Å². The molecule has 1 aliphatic carbocycles. The minimum Gasteiger partial charge on any atom is -0.495 e. The second kappa shape index (κ2) is 9.53. The van der Waals surface area contributed by atoms with Crippen LogP contribution >= 0.6 is 0 Å². The van der Waals surface area contributed by atoms with Crippen molar-refractivity contribution in [2.45, 2.75) is 62.3 Å². The van der Waals surface area contributed by atoms with Crippen LogP contribution in [0.5, 0.6) is 5.75 Å². The van der Waals surface area contributed by atoms with E-state index >= 15 is 0 Å². The van der Waals surface area contributed by atoms with Gasteiger partial charge in [-0.2, -0.15) is 0 Å². The molecular formula is C25H32N2O4S. The highest BCUT2D eigenvalue weighted by atomic mass is 32.2. The van der Waals surface area contributed by atoms with Gasteiger partial charge in [-0.1, -0.05) is 43.9 Å². The molecule has 0 spiro atoms. The molecular weight excluding hydrogens is 424 g/mol. The van der Waals surface area contributed by atoms with Gasteiger partial charge in [-0.05, 0) is 55.5 Å². The standard InChI is InChI=1S/C25H32N2O4S/c1-26(21-12-5-3-4-6-13-21)25(28)20-15-16-23(31-2)24(18-20)32(29,30)27-17-9-11-19-10-7-8-14-22(19)27/h7-8,10,14-16,18,21H,3-6,9,11-13,17H2,1-2H3. The van der Waals surface area contributed by atoms with Crippen molar-refractivity contribution >= 4 is 21.6 Å². The summed E-state index contributed by atoms with van der Waals surface area (Å²) in [6.45, 7) is 0.405. The van der Waals surface area contributed by atoms with Crippen molar-refractivity contribution in [3.05, 3.63) is 53.6 Å². The topological polar surface area (TPSA) is 66.9 Å². The van der Waals surface area contributed by atoms with Gasteiger partial charge in [0, 0.05) is 25.2 Å². The van der Waals surface area contributed by atoms with E-state index in [1.54, 1.807) is 17.0 Å². The lowest BCUT2D eigenvalue weighted by molar-refractivity contribution is 0.0717. The van der Waals surface area contributed by atoms with Gasteiger partial charge in [0.2, 0.25) is 0 Å². The molecule has 6 nitrogen and oxygen atoms in total. The van der Waals surface area contributed by atoms with Crippen molar-refractivity contribution in [3.8, 4) is 5.75 Å². The van der Waals surface area contributed by atoms with Gasteiger partial charge >= 0.3 is 0 Å². The number of anilines is 1. The highest BCUT2D eigenvalue weighted by molar-refractivity contribution is 7.93. The molecule has 2 aromatic rings. The number of benzene rings is 2. The zero-order valence-electron chi connectivity index (χ0n) is 18.9. The molecule has 4 rings (SSSR count). The predicted molar refractivity (Wildman–Crippen MR) is 126 cm³/mol. The van der Waals surface area contributed by atoms with E-state index in [2.05, 4.69) is 0 Å². The number of sulfonamides is 1. The maximum atomic E-state index is 13.7. The highest BCUT2D eigenvalue weighted by Crippen LogP contribution is 2.35. The molecule has 1 heterocycles. The maximum absolute atomic E-state index is 13.7. The number of amides is 1. The molecule has 0 unspecified atom stereocenters. The number of hydrogen-bond acceptors (Lipinski definition) is 4. The van der Waals surface area contributed by atoms with E-state index in [1.807, 2.05) is 31.3 Å². The summed E-state index contributed by atoms with van der Waals surface area (Å²) in [5, 5.41) is 0. The van der Waals surface area contributed by atoms with Gasteiger partial charge in [-0.25, -0.2) is 8.42 Å². The molecule has 0 N–H and O–H groups in total. The maximum Gasteiger partial charge on any atom is 0.268 e. The fourth-order valence-electron chi connectivity index (χ4n) is 4.89. The molecule has 1 fully saturated rings. The van der Waals surface area contributed by atoms with Crippen LogP contribution in [0, 0.1) is 0 Å². The summed E-state index contributed by atoms with van der Waals surface area (Å²) >= 11 is 0. The van der Waals surface area contributed by atoms with E-state index in [9.17, 15) is 13.2 Å². The molecule has 0 saturated heterocycles. The second-order valence-electron chi connectivity index (χ2n) is 8.74. The van der Waals surface area contributed by atoms with Crippen LogP contribution in [0.4, 0.5) is 5.69 Å². The summed E-state index contributed by atoms with van der Waals surface area (Å²) in [6.07, 6.45) is 8.26. The molecule has 1 amide bonds. The van der Waals surface area contributed by atoms with Gasteiger partial charge in [0.25, 0.3) is 15.9 Å². The Morgan fingerprint density at radius 3 is 2.47 bits per heavy atom. The van der Waals surface area contributed by atoms with Crippen molar-refractivity contribution in [1.29, 1.82) is 0 Å². The number of para-hydroxylation sites is 1. The highest BCUT2D eigenvalue weighted by Gasteiger charge is 2.32. The smallest absolute Gasteiger partial charge is 0.268 e. The molecule has 0 bridgehead atoms. The zero-order valence-corrected chi connectivity index (χ0v) is 19.7. The van der Waals surface area contributed by atoms with Crippen molar-refractivity contribution in [3.63, 3.8) is 0 Å². The first kappa shape index (κ1) is 22.6. The minimum atomic E-state index is -3.89. The number of fused-ring (bicyclic) bond motifs is 1. The molecule has 1 aliphatic heterocycles. The molecule has 2 aromatic carbocycles. The number of carbonyl (C=O) groups excluding carboxylic acids is 1. The molecule has 172 valence electrons. The van der Waals surface area contributed by atoms with Crippen molar-refractivity contribution < 1.29 is 17.9 Å². The van der Waals surface area contributed by atoms with Gasteiger partial charge in [-0.3, -0.25) is 9.10 Å². The fourth-order valence-corrected chi connectivity index (χ4v) is 6.62. The summed E-state index contributed by atoms with van der Waals surface area (Å²) in [4.78, 5) is 15.1. The Hall–Kier alpha value is -2.54. The largest absolute Gasteiger partial charge is 0.495 e. The van der Waals surface area contributed by atoms with Crippen LogP contribution in [0.3, 0.4) is 0 Å². The Balaban J connectivity index is 1.69. The normalized spacial score (nSPS) is 17.4. The second-order valence-corrected chi connectivity index (χ2v) is 10.6. The van der Waals surface area contributed by atoms with E-state index < -0.39 is 10.0 Å². The summed E-state index contributed by atoms with van der Waals surface area (Å²) in [5.41, 5.74) is 2.09. The third-order valence-electron chi connectivity index (χ3n) is 6.74. The van der Waals surface area contributed by atoms with Crippen LogP contribution < -0.4 is 9.04 Å². The zero-order chi connectivity index (χ0) is 22.7. The van der Waals surface area contributed by atoms with Crippen molar-refractivity contribution in [2.75, 3.05) is 25.0 Å². The average molecular weight is 457 g/mol. The Morgan fingerprint density at radius 2 is 1.75 bits per heavy atom. The van der Waals surface area contributed by atoms with Crippen LogP contribution in [0.15, 0.2) is 47.4 Å². The third-order valence-corrected chi connectivity index (χ3v) is 8.57. The first-order chi connectivity index (χ1) is 15.4. The van der Waals surface area contributed by atoms with E-state index in [0.29, 0.717) is 17.8 Å². The number of methoxy groups -OCH3 is 1. The predicted octanol–water partition coefficient (Wildman–Crippen LogP) is 4.63. The van der Waals surface area contributed by atoms with Gasteiger partial charge in [0.1, 0.15) is 10.6 Å². The molecule has 1 saturated carbocycles. The van der Waals surface area contributed by atoms with Crippen LogP contribution in [-0.4, -0.2) is 46.0 Å². The quantitative estimate of drug-likeness (QED) is 0.615. The summed E-state index contributed by atoms with van der Waals surface area (Å²) in [7, 11) is -0.606. The van der Waals surface area contributed by atoms with Gasteiger partial charge in [-0.15, -0.1) is 0 Å². The van der Waals surface area contributed by atoms with E-state index in [1.165, 1.54) is 30.3 Å². The fraction of sp³-hybridized carbons (Fsp3) is 0.480. The monoisotopic (exact) mass is 456 g/mol. The average Bonchev–Trinajstić information content (AvgIpc) is 3.12. The number of hydrogen-bond donors (Lipinski definition) is 0. The molecule has 0 atom stereocenters. The van der Waals surface area contributed by atoms with E-state index in [-0.39, 0.29) is 22.6 Å². The SMILES string of the molecule is COc1ccc(C(=O)N(C)C2CCCCCC2)cc1S(=O)(=O)N1CCCc2ccccc21. The molecule has 32 heavy (non-hydrogen) atoms. The first-order valence-electron chi connectivity index (χ1n) is 11.5. The van der Waals surface area contributed by atoms with E-state index in [4.69, 9.17) is 4.74 Å². The molecule has 2 aliphatic rings. The Morgan fingerprint density at radius 1 is 1.03 bits per heavy atom. The number of ether oxygens (including phenoxy) is 1. The first-order valence-corrected chi connectivity index (χ1v) is 12.9. The van der Waals surface area contributed by atoms with E-state index in [0.717, 1.165) is 44.1 Å². The lowest BCUT2D eigenvalue weighted by Crippen LogP contribution is -2.37. The number of aryl methyl sites for hydroxylation is 1. The van der Waals surface area contributed by atoms with Crippen LogP contribution in [0.2, 0.25) is 0 Å². The lowest BCUT2D eigenvalue weighted by atomic mass is 10.0. The van der Waals surface area contributed by atoms with Crippen LogP contribution in [0.25, 0.3) is 0 Å².